The summed E-state index contributed by atoms with van der Waals surface area (Å²) >= 11 is 0. The van der Waals surface area contributed by atoms with Crippen molar-refractivity contribution in [1.29, 1.82) is 0 Å². The number of amides is 1. The van der Waals surface area contributed by atoms with Crippen molar-refractivity contribution in [1.82, 2.24) is 10.3 Å². The minimum atomic E-state index is -0.221. The maximum Gasteiger partial charge on any atom is 0.252 e. The number of hydrogen-bond donors (Lipinski definition) is 2. The van der Waals surface area contributed by atoms with Crippen LogP contribution in [0, 0.1) is 0 Å². The van der Waals surface area contributed by atoms with E-state index in [4.69, 9.17) is 5.73 Å². The highest BCUT2D eigenvalue weighted by molar-refractivity contribution is 6.06. The first kappa shape index (κ1) is 13.1. The molecule has 1 aromatic carbocycles. The topological polar surface area (TPSA) is 68.0 Å². The van der Waals surface area contributed by atoms with Gasteiger partial charge >= 0.3 is 0 Å². The molecule has 1 saturated carbocycles. The SMILES string of the molecule is NCC1(NC(=O)c2cccc3ncccc23)CCCC1. The maximum atomic E-state index is 12.6. The van der Waals surface area contributed by atoms with Gasteiger partial charge in [-0.15, -0.1) is 0 Å². The molecule has 1 fully saturated rings. The number of carbonyl (C=O) groups is 1. The van der Waals surface area contributed by atoms with Crippen LogP contribution in [0.1, 0.15) is 36.0 Å². The Hall–Kier alpha value is -1.94. The predicted octanol–water partition coefficient (Wildman–Crippen LogP) is 2.24. The molecule has 3 rings (SSSR count). The highest BCUT2D eigenvalue weighted by Crippen LogP contribution is 2.29. The Morgan fingerprint density at radius 2 is 2.05 bits per heavy atom. The third kappa shape index (κ3) is 2.27. The molecule has 0 unspecified atom stereocenters. The zero-order valence-corrected chi connectivity index (χ0v) is 11.4. The molecular weight excluding hydrogens is 250 g/mol. The number of rotatable bonds is 3. The molecule has 0 saturated heterocycles. The predicted molar refractivity (Wildman–Crippen MR) is 79.5 cm³/mol. The van der Waals surface area contributed by atoms with Crippen LogP contribution in [0.15, 0.2) is 36.5 Å². The van der Waals surface area contributed by atoms with Crippen molar-refractivity contribution in [2.24, 2.45) is 5.73 Å². The second-order valence-electron chi connectivity index (χ2n) is 5.52. The highest BCUT2D eigenvalue weighted by Gasteiger charge is 2.34. The number of nitrogens with two attached hydrogens (primary N) is 1. The number of hydrogen-bond acceptors (Lipinski definition) is 3. The first-order valence-corrected chi connectivity index (χ1v) is 7.10. The van der Waals surface area contributed by atoms with Gasteiger partial charge in [0.05, 0.1) is 11.1 Å². The van der Waals surface area contributed by atoms with E-state index in [1.165, 1.54) is 0 Å². The van der Waals surface area contributed by atoms with E-state index in [1.807, 2.05) is 30.3 Å². The molecule has 1 amide bonds. The van der Waals surface area contributed by atoms with Gasteiger partial charge in [-0.05, 0) is 31.0 Å². The van der Waals surface area contributed by atoms with Crippen LogP contribution in [0.3, 0.4) is 0 Å². The van der Waals surface area contributed by atoms with E-state index < -0.39 is 0 Å². The molecule has 0 radical (unpaired) electrons. The number of aromatic nitrogens is 1. The van der Waals surface area contributed by atoms with Crippen molar-refractivity contribution in [2.45, 2.75) is 31.2 Å². The molecule has 4 nitrogen and oxygen atoms in total. The van der Waals surface area contributed by atoms with Crippen molar-refractivity contribution in [3.05, 3.63) is 42.1 Å². The molecule has 1 aliphatic rings. The summed E-state index contributed by atoms with van der Waals surface area (Å²) in [5.41, 5.74) is 7.18. The molecule has 104 valence electrons. The van der Waals surface area contributed by atoms with Crippen LogP contribution in [0.2, 0.25) is 0 Å². The van der Waals surface area contributed by atoms with E-state index in [1.54, 1.807) is 6.20 Å². The van der Waals surface area contributed by atoms with E-state index in [9.17, 15) is 4.79 Å². The summed E-state index contributed by atoms with van der Waals surface area (Å²) in [6.07, 6.45) is 5.95. The minimum absolute atomic E-state index is 0.0454. The van der Waals surface area contributed by atoms with Gasteiger partial charge < -0.3 is 11.1 Å². The van der Waals surface area contributed by atoms with Gasteiger partial charge in [0.2, 0.25) is 0 Å². The summed E-state index contributed by atoms with van der Waals surface area (Å²) in [5, 5.41) is 4.05. The van der Waals surface area contributed by atoms with E-state index >= 15 is 0 Å². The lowest BCUT2D eigenvalue weighted by Gasteiger charge is -2.28. The van der Waals surface area contributed by atoms with Crippen LogP contribution in [-0.4, -0.2) is 23.0 Å². The summed E-state index contributed by atoms with van der Waals surface area (Å²) in [7, 11) is 0. The molecular formula is C16H19N3O. The van der Waals surface area contributed by atoms with Gasteiger partial charge in [-0.3, -0.25) is 9.78 Å². The average molecular weight is 269 g/mol. The van der Waals surface area contributed by atoms with Gasteiger partial charge in [-0.1, -0.05) is 25.0 Å². The first-order chi connectivity index (χ1) is 9.74. The Kier molecular flexibility index (Phi) is 3.40. The third-order valence-corrected chi connectivity index (χ3v) is 4.22. The Labute approximate surface area is 118 Å². The fraction of sp³-hybridized carbons (Fsp3) is 0.375. The van der Waals surface area contributed by atoms with Crippen LogP contribution in [0.25, 0.3) is 10.9 Å². The zero-order chi connectivity index (χ0) is 14.0. The summed E-state index contributed by atoms with van der Waals surface area (Å²) in [5.74, 6) is -0.0454. The summed E-state index contributed by atoms with van der Waals surface area (Å²) < 4.78 is 0. The molecule has 0 atom stereocenters. The number of carbonyl (C=O) groups excluding carboxylic acids is 1. The van der Waals surface area contributed by atoms with Crippen LogP contribution in [0.5, 0.6) is 0 Å². The molecule has 0 bridgehead atoms. The van der Waals surface area contributed by atoms with Crippen LogP contribution < -0.4 is 11.1 Å². The van der Waals surface area contributed by atoms with Gasteiger partial charge in [-0.25, -0.2) is 0 Å². The molecule has 1 aliphatic carbocycles. The Morgan fingerprint density at radius 1 is 1.25 bits per heavy atom. The fourth-order valence-electron chi connectivity index (χ4n) is 3.04. The molecule has 2 aromatic rings. The monoisotopic (exact) mass is 269 g/mol. The van der Waals surface area contributed by atoms with Gasteiger partial charge in [-0.2, -0.15) is 0 Å². The lowest BCUT2D eigenvalue weighted by Crippen LogP contribution is -2.51. The van der Waals surface area contributed by atoms with E-state index in [2.05, 4.69) is 10.3 Å². The van der Waals surface area contributed by atoms with Crippen molar-refractivity contribution >= 4 is 16.8 Å². The molecule has 20 heavy (non-hydrogen) atoms. The molecule has 3 N–H and O–H groups in total. The zero-order valence-electron chi connectivity index (χ0n) is 11.4. The van der Waals surface area contributed by atoms with Crippen molar-refractivity contribution < 1.29 is 4.79 Å². The van der Waals surface area contributed by atoms with Gasteiger partial charge in [0.15, 0.2) is 0 Å². The molecule has 1 heterocycles. The van der Waals surface area contributed by atoms with Crippen LogP contribution in [0.4, 0.5) is 0 Å². The second-order valence-corrected chi connectivity index (χ2v) is 5.52. The molecule has 4 heteroatoms. The van der Waals surface area contributed by atoms with Crippen LogP contribution in [-0.2, 0) is 0 Å². The van der Waals surface area contributed by atoms with Crippen LogP contribution >= 0.6 is 0 Å². The van der Waals surface area contributed by atoms with Crippen molar-refractivity contribution in [3.8, 4) is 0 Å². The Balaban J connectivity index is 1.93. The van der Waals surface area contributed by atoms with Crippen molar-refractivity contribution in [3.63, 3.8) is 0 Å². The fourth-order valence-corrected chi connectivity index (χ4v) is 3.04. The number of benzene rings is 1. The van der Waals surface area contributed by atoms with Gasteiger partial charge in [0.25, 0.3) is 5.91 Å². The summed E-state index contributed by atoms with van der Waals surface area (Å²) in [6.45, 7) is 0.502. The van der Waals surface area contributed by atoms with E-state index in [0.717, 1.165) is 36.6 Å². The summed E-state index contributed by atoms with van der Waals surface area (Å²) in [4.78, 5) is 16.9. The Morgan fingerprint density at radius 3 is 2.80 bits per heavy atom. The number of nitrogens with one attached hydrogen (secondary N) is 1. The molecule has 1 aromatic heterocycles. The first-order valence-electron chi connectivity index (χ1n) is 7.10. The molecule has 0 aliphatic heterocycles. The maximum absolute atomic E-state index is 12.6. The van der Waals surface area contributed by atoms with Gasteiger partial charge in [0, 0.05) is 23.7 Å². The quantitative estimate of drug-likeness (QED) is 0.898. The van der Waals surface area contributed by atoms with Gasteiger partial charge in [0.1, 0.15) is 0 Å². The minimum Gasteiger partial charge on any atom is -0.345 e. The lowest BCUT2D eigenvalue weighted by molar-refractivity contribution is 0.0905. The third-order valence-electron chi connectivity index (χ3n) is 4.22. The average Bonchev–Trinajstić information content (AvgIpc) is 2.95. The van der Waals surface area contributed by atoms with E-state index in [-0.39, 0.29) is 11.4 Å². The standard InChI is InChI=1S/C16H19N3O/c17-11-16(8-1-2-9-16)19-15(20)13-5-3-7-14-12(13)6-4-10-18-14/h3-7,10H,1-2,8-9,11,17H2,(H,19,20). The smallest absolute Gasteiger partial charge is 0.252 e. The lowest BCUT2D eigenvalue weighted by atomic mass is 9.96. The highest BCUT2D eigenvalue weighted by atomic mass is 16.1. The summed E-state index contributed by atoms with van der Waals surface area (Å²) in [6, 6.07) is 9.42. The Bertz CT molecular complexity index is 627. The molecule has 0 spiro atoms. The number of nitrogens with zero attached hydrogens (tertiary/aromatic N) is 1. The number of fused-ring (bicyclic) bond motifs is 1. The van der Waals surface area contributed by atoms with Crippen molar-refractivity contribution in [2.75, 3.05) is 6.54 Å². The van der Waals surface area contributed by atoms with E-state index in [0.29, 0.717) is 12.1 Å². The normalized spacial score (nSPS) is 17.2. The second kappa shape index (κ2) is 5.21. The number of pyridine rings is 1. The largest absolute Gasteiger partial charge is 0.345 e.